The number of benzene rings is 2. The highest BCUT2D eigenvalue weighted by Crippen LogP contribution is 2.41. The standard InChI is InChI=1S/C19H24N2/c1-2-4-16-11-17(6-5-15(16)3-1)18-12-19(18)21-13-14-7-9-20-10-8-14/h1-6,11,14,18-21H,7-10,12-13H2. The van der Waals surface area contributed by atoms with Crippen LogP contribution < -0.4 is 10.6 Å². The lowest BCUT2D eigenvalue weighted by Gasteiger charge is -2.22. The van der Waals surface area contributed by atoms with Crippen molar-refractivity contribution in [1.29, 1.82) is 0 Å². The van der Waals surface area contributed by atoms with Crippen molar-refractivity contribution in [3.05, 3.63) is 48.0 Å². The van der Waals surface area contributed by atoms with E-state index in [-0.39, 0.29) is 0 Å². The Morgan fingerprint density at radius 3 is 2.67 bits per heavy atom. The number of rotatable bonds is 4. The van der Waals surface area contributed by atoms with Gasteiger partial charge in [0.25, 0.3) is 0 Å². The molecule has 0 spiro atoms. The first-order valence-corrected chi connectivity index (χ1v) is 8.33. The molecule has 1 aliphatic heterocycles. The van der Waals surface area contributed by atoms with Gasteiger partial charge >= 0.3 is 0 Å². The van der Waals surface area contributed by atoms with Gasteiger partial charge in [-0.25, -0.2) is 0 Å². The Labute approximate surface area is 126 Å². The minimum absolute atomic E-state index is 0.709. The van der Waals surface area contributed by atoms with Crippen molar-refractivity contribution in [3.8, 4) is 0 Å². The summed E-state index contributed by atoms with van der Waals surface area (Å²) in [6, 6.07) is 16.3. The summed E-state index contributed by atoms with van der Waals surface area (Å²) in [5, 5.41) is 9.96. The van der Waals surface area contributed by atoms with Crippen LogP contribution in [0, 0.1) is 5.92 Å². The molecular formula is C19H24N2. The molecule has 21 heavy (non-hydrogen) atoms. The molecule has 110 valence electrons. The number of piperidine rings is 1. The molecule has 0 radical (unpaired) electrons. The maximum Gasteiger partial charge on any atom is 0.0143 e. The Kier molecular flexibility index (Phi) is 3.66. The monoisotopic (exact) mass is 280 g/mol. The average Bonchev–Trinajstić information content (AvgIpc) is 3.33. The molecule has 2 N–H and O–H groups in total. The summed E-state index contributed by atoms with van der Waals surface area (Å²) in [6.45, 7) is 3.60. The maximum atomic E-state index is 3.80. The van der Waals surface area contributed by atoms with Crippen LogP contribution in [0.15, 0.2) is 42.5 Å². The van der Waals surface area contributed by atoms with E-state index in [4.69, 9.17) is 0 Å². The van der Waals surface area contributed by atoms with Crippen LogP contribution in [0.25, 0.3) is 10.8 Å². The minimum Gasteiger partial charge on any atom is -0.317 e. The van der Waals surface area contributed by atoms with Gasteiger partial charge in [-0.05, 0) is 61.2 Å². The summed E-state index contributed by atoms with van der Waals surface area (Å²) < 4.78 is 0. The van der Waals surface area contributed by atoms with Gasteiger partial charge < -0.3 is 10.6 Å². The molecule has 1 aliphatic carbocycles. The highest BCUT2D eigenvalue weighted by atomic mass is 15.0. The summed E-state index contributed by atoms with van der Waals surface area (Å²) in [7, 11) is 0. The summed E-state index contributed by atoms with van der Waals surface area (Å²) >= 11 is 0. The van der Waals surface area contributed by atoms with Crippen LogP contribution in [0.2, 0.25) is 0 Å². The first-order chi connectivity index (χ1) is 10.4. The normalized spacial score (nSPS) is 26.1. The topological polar surface area (TPSA) is 24.1 Å². The van der Waals surface area contributed by atoms with E-state index in [1.165, 1.54) is 55.2 Å². The fourth-order valence-corrected chi connectivity index (χ4v) is 3.63. The highest BCUT2D eigenvalue weighted by Gasteiger charge is 2.38. The Morgan fingerprint density at radius 1 is 1.00 bits per heavy atom. The number of hydrogen-bond acceptors (Lipinski definition) is 2. The zero-order valence-electron chi connectivity index (χ0n) is 12.5. The summed E-state index contributed by atoms with van der Waals surface area (Å²) in [5.41, 5.74) is 1.51. The van der Waals surface area contributed by atoms with Crippen LogP contribution in [-0.4, -0.2) is 25.7 Å². The molecule has 0 aromatic heterocycles. The average molecular weight is 280 g/mol. The lowest BCUT2D eigenvalue weighted by atomic mass is 9.98. The third-order valence-electron chi connectivity index (χ3n) is 5.12. The molecule has 4 rings (SSSR count). The van der Waals surface area contributed by atoms with Crippen molar-refractivity contribution in [3.63, 3.8) is 0 Å². The van der Waals surface area contributed by atoms with E-state index >= 15 is 0 Å². The van der Waals surface area contributed by atoms with E-state index in [0.717, 1.165) is 11.8 Å². The second-order valence-electron chi connectivity index (χ2n) is 6.66. The molecule has 0 bridgehead atoms. The first kappa shape index (κ1) is 13.3. The van der Waals surface area contributed by atoms with Gasteiger partial charge in [0.05, 0.1) is 0 Å². The zero-order valence-corrected chi connectivity index (χ0v) is 12.5. The largest absolute Gasteiger partial charge is 0.317 e. The minimum atomic E-state index is 0.709. The van der Waals surface area contributed by atoms with Crippen LogP contribution in [0.4, 0.5) is 0 Å². The molecule has 2 nitrogen and oxygen atoms in total. The van der Waals surface area contributed by atoms with Crippen molar-refractivity contribution in [1.82, 2.24) is 10.6 Å². The van der Waals surface area contributed by atoms with Gasteiger partial charge in [-0.3, -0.25) is 0 Å². The Morgan fingerprint density at radius 2 is 1.81 bits per heavy atom. The molecule has 1 saturated carbocycles. The maximum absolute atomic E-state index is 3.80. The predicted molar refractivity (Wildman–Crippen MR) is 88.7 cm³/mol. The van der Waals surface area contributed by atoms with E-state index in [9.17, 15) is 0 Å². The lowest BCUT2D eigenvalue weighted by molar-refractivity contribution is 0.355. The van der Waals surface area contributed by atoms with E-state index < -0.39 is 0 Å². The van der Waals surface area contributed by atoms with Crippen molar-refractivity contribution < 1.29 is 0 Å². The van der Waals surface area contributed by atoms with Gasteiger partial charge in [-0.15, -0.1) is 0 Å². The second-order valence-corrected chi connectivity index (χ2v) is 6.66. The molecule has 1 saturated heterocycles. The predicted octanol–water partition coefficient (Wildman–Crippen LogP) is 3.28. The van der Waals surface area contributed by atoms with Crippen LogP contribution >= 0.6 is 0 Å². The van der Waals surface area contributed by atoms with Crippen molar-refractivity contribution in [2.75, 3.05) is 19.6 Å². The van der Waals surface area contributed by atoms with E-state index in [1.54, 1.807) is 0 Å². The molecule has 2 unspecified atom stereocenters. The second kappa shape index (κ2) is 5.78. The summed E-state index contributed by atoms with van der Waals surface area (Å²) in [6.07, 6.45) is 3.98. The van der Waals surface area contributed by atoms with E-state index in [2.05, 4.69) is 53.1 Å². The van der Waals surface area contributed by atoms with Crippen LogP contribution in [0.1, 0.15) is 30.7 Å². The molecule has 2 fully saturated rings. The van der Waals surface area contributed by atoms with Crippen LogP contribution in [0.3, 0.4) is 0 Å². The SMILES string of the molecule is c1ccc2cc(C3CC3NCC3CCNCC3)ccc2c1. The number of hydrogen-bond donors (Lipinski definition) is 2. The Hall–Kier alpha value is -1.38. The van der Waals surface area contributed by atoms with Gasteiger partial charge in [0, 0.05) is 12.0 Å². The van der Waals surface area contributed by atoms with Gasteiger partial charge in [0.1, 0.15) is 0 Å². The summed E-state index contributed by atoms with van der Waals surface area (Å²) in [5.74, 6) is 1.61. The molecule has 2 heteroatoms. The molecule has 2 aromatic carbocycles. The van der Waals surface area contributed by atoms with Crippen molar-refractivity contribution in [2.24, 2.45) is 5.92 Å². The third kappa shape index (κ3) is 2.97. The van der Waals surface area contributed by atoms with Gasteiger partial charge in [0.15, 0.2) is 0 Å². The molecule has 2 aliphatic rings. The third-order valence-corrected chi connectivity index (χ3v) is 5.12. The zero-order chi connectivity index (χ0) is 14.1. The van der Waals surface area contributed by atoms with Gasteiger partial charge in [0.2, 0.25) is 0 Å². The smallest absolute Gasteiger partial charge is 0.0143 e. The molecule has 0 amide bonds. The molecule has 2 atom stereocenters. The first-order valence-electron chi connectivity index (χ1n) is 8.33. The van der Waals surface area contributed by atoms with Crippen LogP contribution in [0.5, 0.6) is 0 Å². The Balaban J connectivity index is 1.36. The quantitative estimate of drug-likeness (QED) is 0.898. The molecule has 2 aromatic rings. The lowest BCUT2D eigenvalue weighted by Crippen LogP contribution is -2.34. The molecule has 1 heterocycles. The van der Waals surface area contributed by atoms with Crippen molar-refractivity contribution >= 4 is 10.8 Å². The van der Waals surface area contributed by atoms with Crippen molar-refractivity contribution in [2.45, 2.75) is 31.2 Å². The Bertz CT molecular complexity index is 616. The summed E-state index contributed by atoms with van der Waals surface area (Å²) in [4.78, 5) is 0. The van der Waals surface area contributed by atoms with Gasteiger partial charge in [-0.2, -0.15) is 0 Å². The fraction of sp³-hybridized carbons (Fsp3) is 0.474. The number of nitrogens with one attached hydrogen (secondary N) is 2. The highest BCUT2D eigenvalue weighted by molar-refractivity contribution is 5.83. The molecular weight excluding hydrogens is 256 g/mol. The number of fused-ring (bicyclic) bond motifs is 1. The van der Waals surface area contributed by atoms with Gasteiger partial charge in [-0.1, -0.05) is 42.5 Å². The van der Waals surface area contributed by atoms with E-state index in [0.29, 0.717) is 6.04 Å². The fourth-order valence-electron chi connectivity index (χ4n) is 3.63. The van der Waals surface area contributed by atoms with Crippen LogP contribution in [-0.2, 0) is 0 Å². The van der Waals surface area contributed by atoms with E-state index in [1.807, 2.05) is 0 Å².